The molecule has 5 aromatic carbocycles. The molecule has 0 bridgehead atoms. The van der Waals surface area contributed by atoms with E-state index in [2.05, 4.69) is 133 Å². The molecule has 1 aromatic heterocycles. The predicted octanol–water partition coefficient (Wildman–Crippen LogP) is 9.57. The normalized spacial score (nSPS) is 11.0. The van der Waals surface area contributed by atoms with Crippen LogP contribution in [-0.4, -0.2) is 0 Å². The Morgan fingerprint density at radius 2 is 0.818 bits per heavy atom. The molecular weight excluding hydrogens is 416 g/mol. The largest absolute Gasteiger partial charge is 0.134 e. The van der Waals surface area contributed by atoms with E-state index >= 15 is 0 Å². The van der Waals surface area contributed by atoms with E-state index in [-0.39, 0.29) is 0 Å². The van der Waals surface area contributed by atoms with Crippen LogP contribution in [0.3, 0.4) is 0 Å². The molecule has 0 saturated heterocycles. The van der Waals surface area contributed by atoms with Crippen LogP contribution in [0.2, 0.25) is 0 Å². The van der Waals surface area contributed by atoms with Crippen molar-refractivity contribution in [1.29, 1.82) is 0 Å². The fraction of sp³-hybridized carbons (Fsp3) is 0. The second kappa shape index (κ2) is 8.54. The fourth-order valence-electron chi connectivity index (χ4n) is 4.60. The van der Waals surface area contributed by atoms with Gasteiger partial charge in [0.25, 0.3) is 0 Å². The number of hydrogen-bond acceptors (Lipinski definition) is 1. The van der Waals surface area contributed by atoms with Gasteiger partial charge >= 0.3 is 0 Å². The van der Waals surface area contributed by atoms with E-state index in [0.717, 1.165) is 0 Å². The molecule has 0 fully saturated rings. The van der Waals surface area contributed by atoms with Crippen molar-refractivity contribution in [2.75, 3.05) is 0 Å². The van der Waals surface area contributed by atoms with E-state index < -0.39 is 0 Å². The number of hydrogen-bond donors (Lipinski definition) is 0. The molecule has 0 aliphatic carbocycles. The lowest BCUT2D eigenvalue weighted by atomic mass is 9.93. The summed E-state index contributed by atoms with van der Waals surface area (Å²) in [6, 6.07) is 47.7. The molecule has 0 spiro atoms. The van der Waals surface area contributed by atoms with E-state index in [1.54, 1.807) is 0 Å². The molecule has 33 heavy (non-hydrogen) atoms. The van der Waals surface area contributed by atoms with Gasteiger partial charge in [0.15, 0.2) is 0 Å². The first-order valence-corrected chi connectivity index (χ1v) is 12.0. The molecule has 0 aliphatic heterocycles. The van der Waals surface area contributed by atoms with Crippen LogP contribution in [0.1, 0.15) is 0 Å². The fourth-order valence-corrected chi connectivity index (χ4v) is 5.94. The average Bonchev–Trinajstić information content (AvgIpc) is 3.30. The van der Waals surface area contributed by atoms with Crippen molar-refractivity contribution in [2.24, 2.45) is 0 Å². The van der Waals surface area contributed by atoms with Crippen LogP contribution < -0.4 is 0 Å². The summed E-state index contributed by atoms with van der Waals surface area (Å²) in [6.45, 7) is 0. The van der Waals surface area contributed by atoms with Crippen molar-refractivity contribution in [3.63, 3.8) is 0 Å². The maximum atomic E-state index is 2.28. The average molecular weight is 439 g/mol. The summed E-state index contributed by atoms with van der Waals surface area (Å²) in [5.41, 5.74) is 7.60. The summed E-state index contributed by atoms with van der Waals surface area (Å²) in [7, 11) is 0. The molecule has 0 nitrogen and oxygen atoms in total. The summed E-state index contributed by atoms with van der Waals surface area (Å²) >= 11 is 1.90. The van der Waals surface area contributed by atoms with E-state index in [4.69, 9.17) is 0 Å². The van der Waals surface area contributed by atoms with Gasteiger partial charge in [-0.15, -0.1) is 11.3 Å². The van der Waals surface area contributed by atoms with Gasteiger partial charge in [0.05, 0.1) is 0 Å². The van der Waals surface area contributed by atoms with Crippen LogP contribution in [0, 0.1) is 0 Å². The topological polar surface area (TPSA) is 0 Å². The Labute approximate surface area is 198 Å². The molecule has 6 rings (SSSR count). The van der Waals surface area contributed by atoms with Crippen LogP contribution >= 0.6 is 11.3 Å². The van der Waals surface area contributed by atoms with E-state index in [1.807, 2.05) is 11.3 Å². The van der Waals surface area contributed by atoms with Crippen molar-refractivity contribution < 1.29 is 0 Å². The molecule has 1 heterocycles. The van der Waals surface area contributed by atoms with Crippen LogP contribution in [-0.2, 0) is 0 Å². The van der Waals surface area contributed by atoms with Crippen molar-refractivity contribution >= 4 is 22.1 Å². The predicted molar refractivity (Wildman–Crippen MR) is 144 cm³/mol. The Morgan fingerprint density at radius 1 is 0.333 bits per heavy atom. The van der Waals surface area contributed by atoms with Gasteiger partial charge in [0, 0.05) is 26.1 Å². The summed E-state index contributed by atoms with van der Waals surface area (Å²) in [4.78, 5) is 2.64. The van der Waals surface area contributed by atoms with Crippen molar-refractivity contribution in [3.8, 4) is 43.1 Å². The molecule has 6 aromatic rings. The standard InChI is InChI=1S/C32H22S/c1-4-13-23(14-5-1)26-19-10-11-20-28(26)32-29-22-12-21-27(24-15-6-2-7-16-24)30(29)31(33-32)25-17-8-3-9-18-25/h1-22H. The van der Waals surface area contributed by atoms with E-state index in [0.29, 0.717) is 0 Å². The first-order valence-electron chi connectivity index (χ1n) is 11.2. The summed E-state index contributed by atoms with van der Waals surface area (Å²) in [5, 5.41) is 2.64. The lowest BCUT2D eigenvalue weighted by Crippen LogP contribution is -1.84. The Morgan fingerprint density at radius 3 is 1.45 bits per heavy atom. The molecule has 0 radical (unpaired) electrons. The molecule has 0 unspecified atom stereocenters. The second-order valence-corrected chi connectivity index (χ2v) is 9.15. The first kappa shape index (κ1) is 19.7. The maximum Gasteiger partial charge on any atom is 0.0434 e. The van der Waals surface area contributed by atoms with Gasteiger partial charge in [-0.3, -0.25) is 0 Å². The Kier molecular flexibility index (Phi) is 5.10. The zero-order valence-corrected chi connectivity index (χ0v) is 18.9. The Hall–Kier alpha value is -3.94. The second-order valence-electron chi connectivity index (χ2n) is 8.13. The van der Waals surface area contributed by atoms with E-state index in [9.17, 15) is 0 Å². The first-order chi connectivity index (χ1) is 16.4. The highest BCUT2D eigenvalue weighted by Gasteiger charge is 2.19. The molecule has 1 heteroatoms. The van der Waals surface area contributed by atoms with Crippen molar-refractivity contribution in [1.82, 2.24) is 0 Å². The monoisotopic (exact) mass is 438 g/mol. The van der Waals surface area contributed by atoms with Gasteiger partial charge in [0.2, 0.25) is 0 Å². The Balaban J connectivity index is 1.68. The third-order valence-electron chi connectivity index (χ3n) is 6.12. The quantitative estimate of drug-likeness (QED) is 0.257. The minimum atomic E-state index is 1.25. The number of thiophene rings is 1. The molecule has 0 N–H and O–H groups in total. The number of rotatable bonds is 4. The smallest absolute Gasteiger partial charge is 0.0434 e. The molecule has 0 amide bonds. The van der Waals surface area contributed by atoms with Crippen LogP contribution in [0.15, 0.2) is 133 Å². The van der Waals surface area contributed by atoms with Crippen LogP contribution in [0.5, 0.6) is 0 Å². The highest BCUT2D eigenvalue weighted by Crippen LogP contribution is 2.49. The third kappa shape index (κ3) is 3.57. The highest BCUT2D eigenvalue weighted by molar-refractivity contribution is 7.21. The minimum absolute atomic E-state index is 1.25. The molecule has 0 saturated carbocycles. The van der Waals surface area contributed by atoms with Gasteiger partial charge in [0.1, 0.15) is 0 Å². The summed E-state index contributed by atoms with van der Waals surface area (Å²) < 4.78 is 0. The maximum absolute atomic E-state index is 2.28. The highest BCUT2D eigenvalue weighted by atomic mass is 32.1. The summed E-state index contributed by atoms with van der Waals surface area (Å²) in [5.74, 6) is 0. The third-order valence-corrected chi connectivity index (χ3v) is 7.41. The zero-order chi connectivity index (χ0) is 22.0. The number of benzene rings is 5. The van der Waals surface area contributed by atoms with Crippen molar-refractivity contribution in [3.05, 3.63) is 133 Å². The van der Waals surface area contributed by atoms with Gasteiger partial charge < -0.3 is 0 Å². The van der Waals surface area contributed by atoms with E-state index in [1.165, 1.54) is 53.9 Å². The minimum Gasteiger partial charge on any atom is -0.134 e. The molecule has 0 aliphatic rings. The van der Waals surface area contributed by atoms with Gasteiger partial charge in [-0.2, -0.15) is 0 Å². The summed E-state index contributed by atoms with van der Waals surface area (Å²) in [6.07, 6.45) is 0. The van der Waals surface area contributed by atoms with Crippen molar-refractivity contribution in [2.45, 2.75) is 0 Å². The van der Waals surface area contributed by atoms with Crippen LogP contribution in [0.25, 0.3) is 53.9 Å². The lowest BCUT2D eigenvalue weighted by molar-refractivity contribution is 1.62. The van der Waals surface area contributed by atoms with Gasteiger partial charge in [-0.05, 0) is 27.8 Å². The lowest BCUT2D eigenvalue weighted by Gasteiger charge is -2.10. The van der Waals surface area contributed by atoms with Gasteiger partial charge in [-0.1, -0.05) is 133 Å². The SMILES string of the molecule is c1ccc(-c2ccccc2-c2sc(-c3ccccc3)c3c(-c4ccccc4)cccc23)cc1. The number of fused-ring (bicyclic) bond motifs is 1. The zero-order valence-electron chi connectivity index (χ0n) is 18.1. The molecular formula is C32H22S. The van der Waals surface area contributed by atoms with Crippen LogP contribution in [0.4, 0.5) is 0 Å². The molecule has 0 atom stereocenters. The molecule has 156 valence electrons. The van der Waals surface area contributed by atoms with Gasteiger partial charge in [-0.25, -0.2) is 0 Å². The Bertz CT molecular complexity index is 1530.